The number of fused-ring (bicyclic) bond motifs is 1. The second kappa shape index (κ2) is 9.05. The number of Topliss-reactive ketones (excluding diaryl/α,β-unsaturated/α-hetero) is 1. The maximum absolute atomic E-state index is 13.1. The fraction of sp³-hybridized carbons (Fsp3) is 0.304. The van der Waals surface area contributed by atoms with Crippen molar-refractivity contribution in [3.05, 3.63) is 52.4 Å². The lowest BCUT2D eigenvalue weighted by Crippen LogP contribution is -2.60. The minimum absolute atomic E-state index is 0.00868. The average Bonchev–Trinajstić information content (AvgIpc) is 2.80. The summed E-state index contributed by atoms with van der Waals surface area (Å²) in [5.41, 5.74) is -0.723. The number of carbonyl (C=O) groups excluding carboxylic acids is 1. The molecule has 3 aromatic rings. The molecule has 2 heterocycles. The minimum atomic E-state index is -1.76. The van der Waals surface area contributed by atoms with E-state index in [4.69, 9.17) is 13.9 Å². The van der Waals surface area contributed by atoms with E-state index < -0.39 is 59.8 Å². The van der Waals surface area contributed by atoms with E-state index in [2.05, 4.69) is 0 Å². The maximum Gasteiger partial charge on any atom is 0.229 e. The van der Waals surface area contributed by atoms with Crippen LogP contribution in [0.2, 0.25) is 0 Å². The van der Waals surface area contributed by atoms with Crippen LogP contribution in [0.25, 0.3) is 22.1 Å². The number of aromatic hydroxyl groups is 2. The molecule has 1 aliphatic rings. The second-order valence-electron chi connectivity index (χ2n) is 7.87. The molecule has 0 aliphatic carbocycles. The fourth-order valence-corrected chi connectivity index (χ4v) is 3.81. The molecular weight excluding hydrogens is 452 g/mol. The highest BCUT2D eigenvalue weighted by molar-refractivity contribution is 6.05. The van der Waals surface area contributed by atoms with Crippen LogP contribution in [0.1, 0.15) is 17.3 Å². The van der Waals surface area contributed by atoms with Crippen LogP contribution in [-0.2, 0) is 4.74 Å². The van der Waals surface area contributed by atoms with Gasteiger partial charge in [-0.2, -0.15) is 0 Å². The molecule has 1 saturated heterocycles. The Bertz CT molecular complexity index is 1280. The number of phenols is 2. The van der Waals surface area contributed by atoms with Crippen LogP contribution in [0.5, 0.6) is 17.2 Å². The molecule has 11 nitrogen and oxygen atoms in total. The number of carbonyl (C=O) groups is 1. The zero-order chi connectivity index (χ0) is 24.7. The van der Waals surface area contributed by atoms with Gasteiger partial charge in [0.15, 0.2) is 5.78 Å². The fourth-order valence-electron chi connectivity index (χ4n) is 3.81. The number of ether oxygens (including phenoxy) is 2. The zero-order valence-corrected chi connectivity index (χ0v) is 17.8. The molecule has 5 atom stereocenters. The molecule has 2 aromatic carbocycles. The van der Waals surface area contributed by atoms with Crippen LogP contribution >= 0.6 is 0 Å². The van der Waals surface area contributed by atoms with Crippen molar-refractivity contribution >= 4 is 16.8 Å². The van der Waals surface area contributed by atoms with Crippen molar-refractivity contribution in [2.75, 3.05) is 6.61 Å². The third-order valence-electron chi connectivity index (χ3n) is 5.63. The summed E-state index contributed by atoms with van der Waals surface area (Å²) in [6, 6.07) is 6.85. The van der Waals surface area contributed by atoms with Crippen molar-refractivity contribution < 1.29 is 49.3 Å². The standard InChI is InChI=1S/C23H22O11/c1-9(25)16-14(33-23-22(31)21(30)19(28)15(7-24)34-23)6-13-17(20(16)29)18(27)12(8-32-13)10-2-4-11(26)5-3-10/h2-6,8,15,19,21-24,26,28-31H,7H2,1H3/t15-,19-,21+,22-,23-/m1/s1. The summed E-state index contributed by atoms with van der Waals surface area (Å²) in [6.07, 6.45) is -6.86. The van der Waals surface area contributed by atoms with E-state index in [1.165, 1.54) is 24.3 Å². The van der Waals surface area contributed by atoms with Gasteiger partial charge in [0.05, 0.1) is 12.2 Å². The molecule has 0 radical (unpaired) electrons. The molecule has 0 bridgehead atoms. The predicted molar refractivity (Wildman–Crippen MR) is 116 cm³/mol. The van der Waals surface area contributed by atoms with Gasteiger partial charge in [-0.05, 0) is 24.6 Å². The molecule has 0 saturated carbocycles. The number of phenolic OH excluding ortho intramolecular Hbond substituents is 2. The first-order valence-corrected chi connectivity index (χ1v) is 10.2. The molecule has 0 unspecified atom stereocenters. The smallest absolute Gasteiger partial charge is 0.229 e. The minimum Gasteiger partial charge on any atom is -0.508 e. The molecule has 180 valence electrons. The highest BCUT2D eigenvalue weighted by atomic mass is 16.7. The zero-order valence-electron chi connectivity index (χ0n) is 17.8. The van der Waals surface area contributed by atoms with Gasteiger partial charge in [-0.25, -0.2) is 0 Å². The maximum atomic E-state index is 13.1. The summed E-state index contributed by atoms with van der Waals surface area (Å²) < 4.78 is 16.4. The topological polar surface area (TPSA) is 187 Å². The van der Waals surface area contributed by atoms with Crippen LogP contribution in [0.4, 0.5) is 0 Å². The van der Waals surface area contributed by atoms with Gasteiger partial charge >= 0.3 is 0 Å². The summed E-state index contributed by atoms with van der Waals surface area (Å²) in [6.45, 7) is 0.425. The first-order chi connectivity index (χ1) is 16.1. The summed E-state index contributed by atoms with van der Waals surface area (Å²) in [7, 11) is 0. The van der Waals surface area contributed by atoms with E-state index in [9.17, 15) is 40.2 Å². The van der Waals surface area contributed by atoms with Crippen LogP contribution in [0.3, 0.4) is 0 Å². The summed E-state index contributed by atoms with van der Waals surface area (Å²) >= 11 is 0. The van der Waals surface area contributed by atoms with Gasteiger partial charge in [-0.1, -0.05) is 12.1 Å². The molecule has 1 fully saturated rings. The van der Waals surface area contributed by atoms with Gasteiger partial charge in [-0.3, -0.25) is 9.59 Å². The van der Waals surface area contributed by atoms with E-state index in [0.29, 0.717) is 5.56 Å². The van der Waals surface area contributed by atoms with E-state index in [0.717, 1.165) is 19.3 Å². The normalized spacial score (nSPS) is 24.8. The monoisotopic (exact) mass is 474 g/mol. The van der Waals surface area contributed by atoms with Gasteiger partial charge in [0.2, 0.25) is 11.7 Å². The van der Waals surface area contributed by atoms with Gasteiger partial charge in [0, 0.05) is 6.07 Å². The Labute approximate surface area is 191 Å². The number of benzene rings is 2. The average molecular weight is 474 g/mol. The van der Waals surface area contributed by atoms with Crippen LogP contribution in [0.15, 0.2) is 45.8 Å². The first-order valence-electron chi connectivity index (χ1n) is 10.2. The molecule has 11 heteroatoms. The van der Waals surface area contributed by atoms with Gasteiger partial charge in [0.25, 0.3) is 0 Å². The molecular formula is C23H22O11. The molecule has 0 amide bonds. The summed E-state index contributed by atoms with van der Waals surface area (Å²) in [5.74, 6) is -1.74. The molecule has 34 heavy (non-hydrogen) atoms. The van der Waals surface area contributed by atoms with E-state index in [1.54, 1.807) is 0 Å². The molecule has 4 rings (SSSR count). The Hall–Kier alpha value is -3.48. The van der Waals surface area contributed by atoms with Crippen molar-refractivity contribution in [3.8, 4) is 28.4 Å². The van der Waals surface area contributed by atoms with Crippen LogP contribution in [0, 0.1) is 0 Å². The summed E-state index contributed by atoms with van der Waals surface area (Å²) in [4.78, 5) is 25.5. The number of hydrogen-bond donors (Lipinski definition) is 6. The van der Waals surface area contributed by atoms with Gasteiger partial charge in [-0.15, -0.1) is 0 Å². The van der Waals surface area contributed by atoms with Crippen molar-refractivity contribution in [1.29, 1.82) is 0 Å². The quantitative estimate of drug-likeness (QED) is 0.278. The third kappa shape index (κ3) is 4.00. The van der Waals surface area contributed by atoms with Crippen molar-refractivity contribution in [2.45, 2.75) is 37.6 Å². The Morgan fingerprint density at radius 3 is 2.35 bits per heavy atom. The lowest BCUT2D eigenvalue weighted by molar-refractivity contribution is -0.277. The lowest BCUT2D eigenvalue weighted by Gasteiger charge is -2.39. The van der Waals surface area contributed by atoms with Crippen molar-refractivity contribution in [1.82, 2.24) is 0 Å². The molecule has 6 N–H and O–H groups in total. The Morgan fingerprint density at radius 2 is 1.74 bits per heavy atom. The van der Waals surface area contributed by atoms with Crippen molar-refractivity contribution in [2.24, 2.45) is 0 Å². The van der Waals surface area contributed by atoms with Gasteiger partial charge < -0.3 is 44.5 Å². The van der Waals surface area contributed by atoms with E-state index in [-0.39, 0.29) is 28.0 Å². The first kappa shape index (κ1) is 23.7. The Balaban J connectivity index is 1.82. The second-order valence-corrected chi connectivity index (χ2v) is 7.87. The lowest BCUT2D eigenvalue weighted by atomic mass is 9.99. The number of hydrogen-bond acceptors (Lipinski definition) is 11. The summed E-state index contributed by atoms with van der Waals surface area (Å²) in [5, 5.41) is 59.5. The van der Waals surface area contributed by atoms with Crippen LogP contribution in [-0.4, -0.2) is 73.7 Å². The Morgan fingerprint density at radius 1 is 1.06 bits per heavy atom. The number of ketones is 1. The Kier molecular flexibility index (Phi) is 6.30. The number of aliphatic hydroxyl groups excluding tert-OH is 4. The number of aliphatic hydroxyl groups is 4. The van der Waals surface area contributed by atoms with Gasteiger partial charge in [0.1, 0.15) is 64.5 Å². The highest BCUT2D eigenvalue weighted by Crippen LogP contribution is 2.38. The van der Waals surface area contributed by atoms with E-state index >= 15 is 0 Å². The highest BCUT2D eigenvalue weighted by Gasteiger charge is 2.45. The molecule has 0 spiro atoms. The molecule has 1 aromatic heterocycles. The van der Waals surface area contributed by atoms with Crippen molar-refractivity contribution in [3.63, 3.8) is 0 Å². The predicted octanol–water partition coefficient (Wildman–Crippen LogP) is 0.252. The van der Waals surface area contributed by atoms with Crippen LogP contribution < -0.4 is 10.2 Å². The SMILES string of the molecule is CC(=O)c1c(O[C@@H]2O[C@H](CO)[C@@H](O)[C@H](O)[C@H]2O)cc2occ(-c3ccc(O)cc3)c(=O)c2c1O. The molecule has 1 aliphatic heterocycles. The van der Waals surface area contributed by atoms with E-state index in [1.807, 2.05) is 0 Å². The largest absolute Gasteiger partial charge is 0.508 e. The third-order valence-corrected chi connectivity index (χ3v) is 5.63. The number of rotatable bonds is 5.